The number of fused-ring (bicyclic) bond motifs is 1. The monoisotopic (exact) mass is 474 g/mol. The van der Waals surface area contributed by atoms with Gasteiger partial charge in [-0.2, -0.15) is 0 Å². The second kappa shape index (κ2) is 8.44. The fraction of sp³-hybridized carbons (Fsp3) is 0.174. The molecule has 1 atom stereocenters. The lowest BCUT2D eigenvalue weighted by molar-refractivity contribution is 0.102. The van der Waals surface area contributed by atoms with Crippen molar-refractivity contribution in [1.29, 1.82) is 0 Å². The maximum absolute atomic E-state index is 13.3. The number of carbonyl (C=O) groups is 1. The molecule has 0 bridgehead atoms. The fourth-order valence-electron chi connectivity index (χ4n) is 3.80. The van der Waals surface area contributed by atoms with E-state index >= 15 is 0 Å². The second-order valence-corrected chi connectivity index (χ2v) is 9.70. The van der Waals surface area contributed by atoms with Gasteiger partial charge < -0.3 is 10.1 Å². The third-order valence-electron chi connectivity index (χ3n) is 5.27. The lowest BCUT2D eigenvalue weighted by Crippen LogP contribution is -2.35. The SMILES string of the molecule is COc1ccc(Cl)cc1NC(=O)c1ccc2c(c1)C[C@H](C)N2S(=O)(=O)c1ccc(F)cc1. The average Bonchev–Trinajstić information content (AvgIpc) is 3.09. The number of anilines is 2. The molecule has 0 aliphatic carbocycles. The minimum atomic E-state index is -3.88. The summed E-state index contributed by atoms with van der Waals surface area (Å²) in [4.78, 5) is 12.8. The van der Waals surface area contributed by atoms with Gasteiger partial charge >= 0.3 is 0 Å². The molecule has 166 valence electrons. The molecule has 0 aromatic heterocycles. The standard InChI is InChI=1S/C23H20ClFN2O4S/c1-14-11-16-12-15(23(28)26-20-13-17(24)4-10-22(20)31-2)3-9-21(16)27(14)32(29,30)19-7-5-18(25)6-8-19/h3-10,12-14H,11H2,1-2H3,(H,26,28)/t14-/m0/s1. The largest absolute Gasteiger partial charge is 0.495 e. The van der Waals surface area contributed by atoms with Gasteiger partial charge in [0.1, 0.15) is 11.6 Å². The lowest BCUT2D eigenvalue weighted by atomic mass is 10.1. The molecule has 0 radical (unpaired) electrons. The highest BCUT2D eigenvalue weighted by Crippen LogP contribution is 2.37. The van der Waals surface area contributed by atoms with Crippen LogP contribution in [0.1, 0.15) is 22.8 Å². The van der Waals surface area contributed by atoms with Crippen molar-refractivity contribution in [3.8, 4) is 5.75 Å². The highest BCUT2D eigenvalue weighted by molar-refractivity contribution is 7.92. The topological polar surface area (TPSA) is 75.7 Å². The van der Waals surface area contributed by atoms with Crippen molar-refractivity contribution in [3.63, 3.8) is 0 Å². The number of methoxy groups -OCH3 is 1. The Bertz CT molecular complexity index is 1300. The minimum Gasteiger partial charge on any atom is -0.495 e. The molecule has 9 heteroatoms. The van der Waals surface area contributed by atoms with Crippen LogP contribution in [0.5, 0.6) is 5.75 Å². The molecule has 4 rings (SSSR count). The van der Waals surface area contributed by atoms with Gasteiger partial charge in [0.15, 0.2) is 0 Å². The van der Waals surface area contributed by atoms with Crippen molar-refractivity contribution in [2.75, 3.05) is 16.7 Å². The number of hydrogen-bond acceptors (Lipinski definition) is 4. The van der Waals surface area contributed by atoms with Gasteiger partial charge in [-0.1, -0.05) is 11.6 Å². The van der Waals surface area contributed by atoms with E-state index in [0.717, 1.165) is 17.7 Å². The Kier molecular flexibility index (Phi) is 5.83. The Balaban J connectivity index is 1.64. The van der Waals surface area contributed by atoms with Gasteiger partial charge in [-0.15, -0.1) is 0 Å². The van der Waals surface area contributed by atoms with E-state index < -0.39 is 15.8 Å². The molecule has 0 unspecified atom stereocenters. The summed E-state index contributed by atoms with van der Waals surface area (Å²) < 4.78 is 46.2. The summed E-state index contributed by atoms with van der Waals surface area (Å²) in [5.41, 5.74) is 2.03. The minimum absolute atomic E-state index is 0.00784. The van der Waals surface area contributed by atoms with Crippen LogP contribution >= 0.6 is 11.6 Å². The molecule has 1 aliphatic heterocycles. The van der Waals surface area contributed by atoms with Crippen molar-refractivity contribution >= 4 is 38.9 Å². The van der Waals surface area contributed by atoms with E-state index in [1.54, 1.807) is 43.3 Å². The summed E-state index contributed by atoms with van der Waals surface area (Å²) in [5.74, 6) is -0.416. The summed E-state index contributed by atoms with van der Waals surface area (Å²) >= 11 is 6.02. The molecule has 0 saturated carbocycles. The quantitative estimate of drug-likeness (QED) is 0.571. The zero-order chi connectivity index (χ0) is 23.0. The molecule has 0 saturated heterocycles. The number of rotatable bonds is 5. The molecule has 1 heterocycles. The number of sulfonamides is 1. The maximum Gasteiger partial charge on any atom is 0.264 e. The van der Waals surface area contributed by atoms with Gasteiger partial charge in [-0.05, 0) is 79.6 Å². The van der Waals surface area contributed by atoms with Crippen LogP contribution in [0, 0.1) is 5.82 Å². The summed E-state index contributed by atoms with van der Waals surface area (Å²) in [6.45, 7) is 1.79. The lowest BCUT2D eigenvalue weighted by Gasteiger charge is -2.24. The smallest absolute Gasteiger partial charge is 0.264 e. The summed E-state index contributed by atoms with van der Waals surface area (Å²) in [6, 6.07) is 14.1. The Morgan fingerprint density at radius 1 is 1.12 bits per heavy atom. The molecule has 0 fully saturated rings. The van der Waals surface area contributed by atoms with Crippen LogP contribution in [-0.2, 0) is 16.4 Å². The highest BCUT2D eigenvalue weighted by Gasteiger charge is 2.36. The van der Waals surface area contributed by atoms with Gasteiger partial charge in [0.05, 0.1) is 23.4 Å². The van der Waals surface area contributed by atoms with Gasteiger partial charge in [-0.25, -0.2) is 12.8 Å². The van der Waals surface area contributed by atoms with E-state index in [4.69, 9.17) is 16.3 Å². The highest BCUT2D eigenvalue weighted by atomic mass is 35.5. The summed E-state index contributed by atoms with van der Waals surface area (Å²) in [7, 11) is -2.39. The van der Waals surface area contributed by atoms with Crippen LogP contribution in [0.4, 0.5) is 15.8 Å². The predicted octanol–water partition coefficient (Wildman–Crippen LogP) is 4.88. The zero-order valence-electron chi connectivity index (χ0n) is 17.3. The molecule has 0 spiro atoms. The third kappa shape index (κ3) is 4.03. The first-order chi connectivity index (χ1) is 15.2. The molecular formula is C23H20ClFN2O4S. The number of halogens is 2. The molecule has 1 N–H and O–H groups in total. The number of ether oxygens (including phenoxy) is 1. The van der Waals surface area contributed by atoms with Crippen LogP contribution in [0.2, 0.25) is 5.02 Å². The molecule has 32 heavy (non-hydrogen) atoms. The number of benzene rings is 3. The molecule has 3 aromatic carbocycles. The Morgan fingerprint density at radius 3 is 2.53 bits per heavy atom. The fourth-order valence-corrected chi connectivity index (χ4v) is 5.67. The summed E-state index contributed by atoms with van der Waals surface area (Å²) in [5, 5.41) is 3.23. The number of nitrogens with one attached hydrogen (secondary N) is 1. The molecule has 1 aliphatic rings. The number of nitrogens with zero attached hydrogens (tertiary/aromatic N) is 1. The Hall–Kier alpha value is -3.10. The predicted molar refractivity (Wildman–Crippen MR) is 122 cm³/mol. The zero-order valence-corrected chi connectivity index (χ0v) is 18.9. The number of carbonyl (C=O) groups excluding carboxylic acids is 1. The van der Waals surface area contributed by atoms with Crippen LogP contribution in [-0.4, -0.2) is 27.5 Å². The van der Waals surface area contributed by atoms with Gasteiger partial charge in [-0.3, -0.25) is 9.10 Å². The van der Waals surface area contributed by atoms with Crippen molar-refractivity contribution in [2.24, 2.45) is 0 Å². The van der Waals surface area contributed by atoms with Crippen LogP contribution in [0.3, 0.4) is 0 Å². The van der Waals surface area contributed by atoms with E-state index in [1.165, 1.54) is 23.5 Å². The average molecular weight is 475 g/mol. The van der Waals surface area contributed by atoms with Crippen molar-refractivity contribution in [3.05, 3.63) is 82.6 Å². The molecule has 6 nitrogen and oxygen atoms in total. The van der Waals surface area contributed by atoms with Crippen molar-refractivity contribution in [2.45, 2.75) is 24.3 Å². The van der Waals surface area contributed by atoms with Crippen LogP contribution in [0.15, 0.2) is 65.6 Å². The van der Waals surface area contributed by atoms with Crippen LogP contribution < -0.4 is 14.4 Å². The second-order valence-electron chi connectivity index (χ2n) is 7.45. The Labute approximate surface area is 190 Å². The van der Waals surface area contributed by atoms with Crippen LogP contribution in [0.25, 0.3) is 0 Å². The molecule has 1 amide bonds. The van der Waals surface area contributed by atoms with E-state index in [2.05, 4.69) is 5.32 Å². The molecular weight excluding hydrogens is 455 g/mol. The third-order valence-corrected chi connectivity index (χ3v) is 7.45. The maximum atomic E-state index is 13.3. The van der Waals surface area contributed by atoms with Crippen molar-refractivity contribution in [1.82, 2.24) is 0 Å². The van der Waals surface area contributed by atoms with E-state index in [0.29, 0.717) is 34.1 Å². The normalized spacial score (nSPS) is 15.4. The first kappa shape index (κ1) is 22.1. The Morgan fingerprint density at radius 2 is 1.84 bits per heavy atom. The summed E-state index contributed by atoms with van der Waals surface area (Å²) in [6.07, 6.45) is 0.442. The van der Waals surface area contributed by atoms with Crippen molar-refractivity contribution < 1.29 is 22.3 Å². The van der Waals surface area contributed by atoms with Gasteiger partial charge in [0.2, 0.25) is 0 Å². The van der Waals surface area contributed by atoms with E-state index in [1.807, 2.05) is 0 Å². The first-order valence-corrected chi connectivity index (χ1v) is 11.6. The number of hydrogen-bond donors (Lipinski definition) is 1. The number of amides is 1. The van der Waals surface area contributed by atoms with E-state index in [-0.39, 0.29) is 16.8 Å². The van der Waals surface area contributed by atoms with Gasteiger partial charge in [0, 0.05) is 16.6 Å². The molecule has 3 aromatic rings. The van der Waals surface area contributed by atoms with Gasteiger partial charge in [0.25, 0.3) is 15.9 Å². The van der Waals surface area contributed by atoms with E-state index in [9.17, 15) is 17.6 Å². The first-order valence-electron chi connectivity index (χ1n) is 9.78.